The molecule has 0 aliphatic rings. The highest BCUT2D eigenvalue weighted by atomic mass is 35.5. The number of nitrogens with zero attached hydrogens (tertiary/aromatic N) is 2. The monoisotopic (exact) mass is 265 g/mol. The number of hydrogen-bond acceptors (Lipinski definition) is 4. The number of hydrogen-bond donors (Lipinski definition) is 1. The molecule has 4 nitrogen and oxygen atoms in total. The third-order valence-electron chi connectivity index (χ3n) is 2.60. The molecular formula is C13H16ClN3O. The van der Waals surface area contributed by atoms with Gasteiger partial charge in [-0.1, -0.05) is 42.7 Å². The fourth-order valence-corrected chi connectivity index (χ4v) is 1.97. The van der Waals surface area contributed by atoms with Crippen LogP contribution in [0.2, 0.25) is 5.02 Å². The van der Waals surface area contributed by atoms with Crippen molar-refractivity contribution < 1.29 is 4.52 Å². The Hall–Kier alpha value is -1.39. The summed E-state index contributed by atoms with van der Waals surface area (Å²) >= 11 is 6.08. The second-order valence-electron chi connectivity index (χ2n) is 4.67. The van der Waals surface area contributed by atoms with Gasteiger partial charge in [-0.25, -0.2) is 0 Å². The summed E-state index contributed by atoms with van der Waals surface area (Å²) < 4.78 is 5.19. The van der Waals surface area contributed by atoms with Gasteiger partial charge in [-0.2, -0.15) is 4.98 Å². The molecule has 96 valence electrons. The molecule has 5 heteroatoms. The minimum atomic E-state index is -0.228. The van der Waals surface area contributed by atoms with Gasteiger partial charge in [-0.05, 0) is 24.5 Å². The Labute approximate surface area is 111 Å². The summed E-state index contributed by atoms with van der Waals surface area (Å²) in [7, 11) is 0. The zero-order valence-corrected chi connectivity index (χ0v) is 11.2. The first-order chi connectivity index (χ1) is 8.58. The lowest BCUT2D eigenvalue weighted by Gasteiger charge is -2.08. The van der Waals surface area contributed by atoms with E-state index < -0.39 is 0 Å². The van der Waals surface area contributed by atoms with Crippen molar-refractivity contribution in [1.29, 1.82) is 0 Å². The Morgan fingerprint density at radius 2 is 2.06 bits per heavy atom. The van der Waals surface area contributed by atoms with Gasteiger partial charge in [0.25, 0.3) is 0 Å². The molecule has 0 bridgehead atoms. The van der Waals surface area contributed by atoms with Crippen molar-refractivity contribution in [2.24, 2.45) is 11.7 Å². The van der Waals surface area contributed by atoms with Crippen LogP contribution < -0.4 is 5.73 Å². The quantitative estimate of drug-likeness (QED) is 0.920. The minimum Gasteiger partial charge on any atom is -0.337 e. The lowest BCUT2D eigenvalue weighted by atomic mass is 10.0. The number of aromatic nitrogens is 2. The third-order valence-corrected chi connectivity index (χ3v) is 2.93. The normalized spacial score (nSPS) is 12.9. The summed E-state index contributed by atoms with van der Waals surface area (Å²) in [6, 6.07) is 7.16. The molecular weight excluding hydrogens is 250 g/mol. The number of rotatable bonds is 4. The summed E-state index contributed by atoms with van der Waals surface area (Å²) in [5.41, 5.74) is 6.75. The van der Waals surface area contributed by atoms with Crippen molar-refractivity contribution in [1.82, 2.24) is 10.1 Å². The molecule has 0 spiro atoms. The van der Waals surface area contributed by atoms with E-state index in [1.54, 1.807) is 6.07 Å². The van der Waals surface area contributed by atoms with Gasteiger partial charge in [0.15, 0.2) is 0 Å². The largest absolute Gasteiger partial charge is 0.337 e. The molecule has 2 N–H and O–H groups in total. The number of nitrogens with two attached hydrogens (primary N) is 1. The molecule has 0 saturated carbocycles. The highest BCUT2D eigenvalue weighted by Gasteiger charge is 2.17. The van der Waals surface area contributed by atoms with Gasteiger partial charge >= 0.3 is 0 Å². The van der Waals surface area contributed by atoms with E-state index in [1.807, 2.05) is 18.2 Å². The summed E-state index contributed by atoms with van der Waals surface area (Å²) in [6.45, 7) is 4.20. The molecule has 0 aliphatic carbocycles. The average molecular weight is 266 g/mol. The molecule has 1 atom stereocenters. The highest BCUT2D eigenvalue weighted by molar-refractivity contribution is 6.33. The maximum atomic E-state index is 6.08. The van der Waals surface area contributed by atoms with Crippen molar-refractivity contribution in [2.75, 3.05) is 0 Å². The molecule has 1 aromatic heterocycles. The standard InChI is InChI=1S/C13H16ClN3O/c1-8(2)7-11(15)13-16-12(17-18-13)9-5-3-4-6-10(9)14/h3-6,8,11H,7,15H2,1-2H3. The molecule has 0 aliphatic heterocycles. The highest BCUT2D eigenvalue weighted by Crippen LogP contribution is 2.26. The Morgan fingerprint density at radius 3 is 2.72 bits per heavy atom. The van der Waals surface area contributed by atoms with E-state index in [2.05, 4.69) is 24.0 Å². The maximum Gasteiger partial charge on any atom is 0.243 e. The smallest absolute Gasteiger partial charge is 0.243 e. The summed E-state index contributed by atoms with van der Waals surface area (Å²) in [5.74, 6) is 1.42. The van der Waals surface area contributed by atoms with E-state index >= 15 is 0 Å². The predicted molar refractivity (Wildman–Crippen MR) is 71.1 cm³/mol. The topological polar surface area (TPSA) is 64.9 Å². The summed E-state index contributed by atoms with van der Waals surface area (Å²) in [4.78, 5) is 4.31. The van der Waals surface area contributed by atoms with Crippen molar-refractivity contribution in [3.05, 3.63) is 35.2 Å². The summed E-state index contributed by atoms with van der Waals surface area (Å²) in [6.07, 6.45) is 0.810. The SMILES string of the molecule is CC(C)CC(N)c1nc(-c2ccccc2Cl)no1. The number of halogens is 1. The van der Waals surface area contributed by atoms with Gasteiger partial charge in [0.2, 0.25) is 11.7 Å². The van der Waals surface area contributed by atoms with Gasteiger partial charge in [0, 0.05) is 5.56 Å². The number of benzene rings is 1. The van der Waals surface area contributed by atoms with Gasteiger partial charge in [-0.15, -0.1) is 0 Å². The van der Waals surface area contributed by atoms with E-state index in [-0.39, 0.29) is 6.04 Å². The molecule has 1 aromatic carbocycles. The van der Waals surface area contributed by atoms with E-state index in [0.29, 0.717) is 22.7 Å². The molecule has 0 saturated heterocycles. The van der Waals surface area contributed by atoms with E-state index in [4.69, 9.17) is 21.9 Å². The van der Waals surface area contributed by atoms with Gasteiger partial charge in [-0.3, -0.25) is 0 Å². The van der Waals surface area contributed by atoms with Crippen LogP contribution in [0.3, 0.4) is 0 Å². The van der Waals surface area contributed by atoms with Crippen LogP contribution >= 0.6 is 11.6 Å². The lowest BCUT2D eigenvalue weighted by Crippen LogP contribution is -2.13. The van der Waals surface area contributed by atoms with Crippen molar-refractivity contribution >= 4 is 11.6 Å². The second kappa shape index (κ2) is 5.50. The lowest BCUT2D eigenvalue weighted by molar-refractivity contribution is 0.335. The van der Waals surface area contributed by atoms with Gasteiger partial charge in [0.1, 0.15) is 0 Å². The van der Waals surface area contributed by atoms with Crippen LogP contribution in [0, 0.1) is 5.92 Å². The first kappa shape index (κ1) is 13.1. The molecule has 1 heterocycles. The van der Waals surface area contributed by atoms with E-state index in [1.165, 1.54) is 0 Å². The van der Waals surface area contributed by atoms with Crippen molar-refractivity contribution in [3.63, 3.8) is 0 Å². The average Bonchev–Trinajstić information content (AvgIpc) is 2.78. The van der Waals surface area contributed by atoms with Crippen LogP contribution in [0.1, 0.15) is 32.2 Å². The third kappa shape index (κ3) is 2.89. The van der Waals surface area contributed by atoms with E-state index in [9.17, 15) is 0 Å². The molecule has 0 fully saturated rings. The van der Waals surface area contributed by atoms with Crippen LogP contribution in [0.15, 0.2) is 28.8 Å². The Balaban J connectivity index is 2.23. The predicted octanol–water partition coefficient (Wildman–Crippen LogP) is 3.44. The zero-order chi connectivity index (χ0) is 13.1. The minimum absolute atomic E-state index is 0.228. The molecule has 2 aromatic rings. The van der Waals surface area contributed by atoms with Crippen LogP contribution in [-0.2, 0) is 0 Å². The van der Waals surface area contributed by atoms with Crippen molar-refractivity contribution in [2.45, 2.75) is 26.3 Å². The van der Waals surface area contributed by atoms with Crippen LogP contribution in [0.5, 0.6) is 0 Å². The zero-order valence-electron chi connectivity index (χ0n) is 10.4. The van der Waals surface area contributed by atoms with Crippen LogP contribution in [-0.4, -0.2) is 10.1 Å². The maximum absolute atomic E-state index is 6.08. The molecule has 2 rings (SSSR count). The molecule has 1 unspecified atom stereocenters. The Bertz CT molecular complexity index is 524. The Kier molecular flexibility index (Phi) is 3.99. The fourth-order valence-electron chi connectivity index (χ4n) is 1.75. The first-order valence-corrected chi connectivity index (χ1v) is 6.30. The van der Waals surface area contributed by atoms with Gasteiger partial charge in [0.05, 0.1) is 11.1 Å². The second-order valence-corrected chi connectivity index (χ2v) is 5.08. The summed E-state index contributed by atoms with van der Waals surface area (Å²) in [5, 5.41) is 4.52. The van der Waals surface area contributed by atoms with Crippen LogP contribution in [0.25, 0.3) is 11.4 Å². The van der Waals surface area contributed by atoms with E-state index in [0.717, 1.165) is 12.0 Å². The van der Waals surface area contributed by atoms with Crippen molar-refractivity contribution in [3.8, 4) is 11.4 Å². The molecule has 18 heavy (non-hydrogen) atoms. The first-order valence-electron chi connectivity index (χ1n) is 5.92. The fraction of sp³-hybridized carbons (Fsp3) is 0.385. The molecule has 0 amide bonds. The van der Waals surface area contributed by atoms with Gasteiger partial charge < -0.3 is 10.3 Å². The Morgan fingerprint density at radius 1 is 1.33 bits per heavy atom. The molecule has 0 radical (unpaired) electrons. The van der Waals surface area contributed by atoms with Crippen LogP contribution in [0.4, 0.5) is 0 Å².